The largest absolute Gasteiger partial charge is 0.481 e. The number of aliphatic hydroxyl groups excluding tert-OH is 1. The van der Waals surface area contributed by atoms with Gasteiger partial charge < -0.3 is 10.2 Å². The van der Waals surface area contributed by atoms with Gasteiger partial charge in [-0.15, -0.1) is 32.9 Å². The average Bonchev–Trinajstić information content (AvgIpc) is 3.50. The number of hydrogen-bond acceptors (Lipinski definition) is 7. The molecule has 2 atom stereocenters. The first-order valence-electron chi connectivity index (χ1n) is 10.9. The number of carbonyl (C=O) groups is 1. The van der Waals surface area contributed by atoms with Gasteiger partial charge in [0.25, 0.3) is 0 Å². The molecule has 0 amide bonds. The predicted octanol–water partition coefficient (Wildman–Crippen LogP) is 5.09. The summed E-state index contributed by atoms with van der Waals surface area (Å²) in [5.74, 6) is -0.442. The molecule has 4 heterocycles. The van der Waals surface area contributed by atoms with Gasteiger partial charge in [-0.05, 0) is 55.8 Å². The highest BCUT2D eigenvalue weighted by Gasteiger charge is 2.36. The average molecular weight is 493 g/mol. The van der Waals surface area contributed by atoms with Crippen LogP contribution in [0.2, 0.25) is 0 Å². The minimum Gasteiger partial charge on any atom is -0.481 e. The predicted molar refractivity (Wildman–Crippen MR) is 134 cm³/mol. The number of carboxylic acid groups (broad SMARTS) is 1. The van der Waals surface area contributed by atoms with Crippen LogP contribution in [0.1, 0.15) is 51.7 Å². The van der Waals surface area contributed by atoms with E-state index < -0.39 is 17.9 Å². The van der Waals surface area contributed by atoms with E-state index in [2.05, 4.69) is 24.0 Å². The number of carboxylic acids is 1. The quantitative estimate of drug-likeness (QED) is 0.404. The maximum Gasteiger partial charge on any atom is 0.308 e. The molecule has 1 unspecified atom stereocenters. The number of aromatic nitrogens is 3. The van der Waals surface area contributed by atoms with Gasteiger partial charge in [-0.3, -0.25) is 14.4 Å². The Bertz CT molecular complexity index is 1430. The molecule has 0 saturated carbocycles. The molecule has 34 heavy (non-hydrogen) atoms. The van der Waals surface area contributed by atoms with Crippen LogP contribution in [0.3, 0.4) is 0 Å². The lowest BCUT2D eigenvalue weighted by Crippen LogP contribution is -2.21. The summed E-state index contributed by atoms with van der Waals surface area (Å²) in [6.07, 6.45) is 0. The van der Waals surface area contributed by atoms with Crippen LogP contribution < -0.4 is 0 Å². The van der Waals surface area contributed by atoms with E-state index in [0.29, 0.717) is 11.6 Å². The number of benzene rings is 1. The maximum absolute atomic E-state index is 12.0. The summed E-state index contributed by atoms with van der Waals surface area (Å²) in [6.45, 7) is 7.70. The van der Waals surface area contributed by atoms with E-state index in [1.54, 1.807) is 29.6 Å². The third-order valence-corrected chi connectivity index (χ3v) is 8.59. The molecule has 0 radical (unpaired) electrons. The van der Waals surface area contributed by atoms with Crippen molar-refractivity contribution in [1.82, 2.24) is 14.8 Å². The molecule has 4 aromatic rings. The summed E-state index contributed by atoms with van der Waals surface area (Å²) in [6, 6.07) is 9.36. The van der Waals surface area contributed by atoms with Crippen molar-refractivity contribution in [2.75, 3.05) is 0 Å². The number of rotatable bonds is 5. The minimum atomic E-state index is -0.928. The van der Waals surface area contributed by atoms with E-state index in [4.69, 9.17) is 4.99 Å². The zero-order valence-corrected chi connectivity index (χ0v) is 20.9. The molecule has 5 rings (SSSR count). The first kappa shape index (κ1) is 22.6. The molecule has 0 fully saturated rings. The topological polar surface area (TPSA) is 101 Å². The molecule has 0 bridgehead atoms. The molecule has 174 valence electrons. The van der Waals surface area contributed by atoms with Crippen LogP contribution in [0, 0.1) is 26.7 Å². The number of aliphatic imine (C=N–C) groups is 1. The smallest absolute Gasteiger partial charge is 0.308 e. The highest BCUT2D eigenvalue weighted by molar-refractivity contribution is 7.15. The summed E-state index contributed by atoms with van der Waals surface area (Å²) in [4.78, 5) is 19.3. The van der Waals surface area contributed by atoms with E-state index in [-0.39, 0.29) is 6.61 Å². The Kier molecular flexibility index (Phi) is 5.71. The highest BCUT2D eigenvalue weighted by Crippen LogP contribution is 2.41. The van der Waals surface area contributed by atoms with Crippen LogP contribution in [-0.4, -0.2) is 36.7 Å². The number of hydrogen-bond donors (Lipinski definition) is 2. The van der Waals surface area contributed by atoms with Crippen molar-refractivity contribution in [3.8, 4) is 15.4 Å². The van der Waals surface area contributed by atoms with Crippen molar-refractivity contribution in [2.24, 2.45) is 10.9 Å². The summed E-state index contributed by atoms with van der Waals surface area (Å²) in [7, 11) is 0. The Balaban J connectivity index is 1.71. The van der Waals surface area contributed by atoms with Crippen LogP contribution >= 0.6 is 22.7 Å². The summed E-state index contributed by atoms with van der Waals surface area (Å²) < 4.78 is 1.97. The molecule has 2 N–H and O–H groups in total. The van der Waals surface area contributed by atoms with Gasteiger partial charge in [0.1, 0.15) is 16.9 Å². The van der Waals surface area contributed by atoms with Crippen LogP contribution in [0.4, 0.5) is 0 Å². The van der Waals surface area contributed by atoms with Crippen molar-refractivity contribution in [2.45, 2.75) is 40.3 Å². The molecule has 3 aromatic heterocycles. The number of aliphatic carboxylic acids is 1. The van der Waals surface area contributed by atoms with Crippen molar-refractivity contribution in [3.63, 3.8) is 0 Å². The van der Waals surface area contributed by atoms with E-state index in [0.717, 1.165) is 43.4 Å². The highest BCUT2D eigenvalue weighted by atomic mass is 32.1. The van der Waals surface area contributed by atoms with Gasteiger partial charge in [0, 0.05) is 20.9 Å². The third-order valence-electron chi connectivity index (χ3n) is 6.39. The lowest BCUT2D eigenvalue weighted by Gasteiger charge is -2.16. The number of fused-ring (bicyclic) bond motifs is 3. The van der Waals surface area contributed by atoms with Gasteiger partial charge in [-0.2, -0.15) is 0 Å². The number of aliphatic hydroxyl groups is 1. The zero-order chi connectivity index (χ0) is 24.1. The van der Waals surface area contributed by atoms with Gasteiger partial charge in [-0.1, -0.05) is 24.3 Å². The summed E-state index contributed by atoms with van der Waals surface area (Å²) in [5.41, 5.74) is 5.71. The molecule has 0 aliphatic carbocycles. The Morgan fingerprint density at radius 3 is 2.50 bits per heavy atom. The van der Waals surface area contributed by atoms with Gasteiger partial charge >= 0.3 is 5.97 Å². The molecule has 1 aromatic carbocycles. The van der Waals surface area contributed by atoms with E-state index in [9.17, 15) is 15.0 Å². The summed E-state index contributed by atoms with van der Waals surface area (Å²) >= 11 is 3.24. The number of nitrogens with zero attached hydrogens (tertiary/aromatic N) is 4. The van der Waals surface area contributed by atoms with Crippen molar-refractivity contribution >= 4 is 34.4 Å². The molecule has 0 spiro atoms. The molecular weight excluding hydrogens is 468 g/mol. The fourth-order valence-corrected chi connectivity index (χ4v) is 6.45. The first-order valence-corrected chi connectivity index (χ1v) is 12.6. The molecule has 7 nitrogen and oxygen atoms in total. The lowest BCUT2D eigenvalue weighted by molar-refractivity contribution is -0.141. The van der Waals surface area contributed by atoms with Gasteiger partial charge in [-0.25, -0.2) is 0 Å². The Morgan fingerprint density at radius 2 is 1.82 bits per heavy atom. The van der Waals surface area contributed by atoms with Crippen LogP contribution in [0.15, 0.2) is 40.7 Å². The Labute approximate surface area is 205 Å². The fourth-order valence-electron chi connectivity index (χ4n) is 4.31. The normalized spacial score (nSPS) is 15.9. The van der Waals surface area contributed by atoms with Gasteiger partial charge in [0.05, 0.1) is 18.2 Å². The first-order chi connectivity index (χ1) is 16.3. The minimum absolute atomic E-state index is 0.00235. The zero-order valence-electron chi connectivity index (χ0n) is 19.2. The van der Waals surface area contributed by atoms with Crippen molar-refractivity contribution in [1.29, 1.82) is 0 Å². The van der Waals surface area contributed by atoms with Gasteiger partial charge in [0.2, 0.25) is 0 Å². The second-order valence-electron chi connectivity index (χ2n) is 8.46. The van der Waals surface area contributed by atoms with Gasteiger partial charge in [0.15, 0.2) is 5.82 Å². The van der Waals surface area contributed by atoms with Crippen LogP contribution in [0.5, 0.6) is 0 Å². The van der Waals surface area contributed by atoms with Crippen molar-refractivity contribution < 1.29 is 15.0 Å². The Morgan fingerprint density at radius 1 is 1.12 bits per heavy atom. The fraction of sp³-hybridized carbons (Fsp3) is 0.280. The monoisotopic (exact) mass is 492 g/mol. The third kappa shape index (κ3) is 3.51. The summed E-state index contributed by atoms with van der Waals surface area (Å²) in [5, 5.41) is 31.0. The SMILES string of the molecule is Cc1sc2c(c1C)C(c1ccc(-c3sccc3CO)cc1)=N[C@@H](C(C)C(=O)O)c1nnc(C)n1-2. The molecule has 0 saturated heterocycles. The van der Waals surface area contributed by atoms with Crippen molar-refractivity contribution in [3.05, 3.63) is 74.5 Å². The molecular formula is C25H24N4O3S2. The molecule has 1 aliphatic rings. The van der Waals surface area contributed by atoms with Crippen LogP contribution in [0.25, 0.3) is 15.4 Å². The second kappa shape index (κ2) is 8.57. The maximum atomic E-state index is 12.0. The van der Waals surface area contributed by atoms with E-state index in [1.807, 2.05) is 47.2 Å². The lowest BCUT2D eigenvalue weighted by atomic mass is 9.97. The molecule has 1 aliphatic heterocycles. The van der Waals surface area contributed by atoms with Crippen LogP contribution in [-0.2, 0) is 11.4 Å². The van der Waals surface area contributed by atoms with E-state index >= 15 is 0 Å². The second-order valence-corrected chi connectivity index (χ2v) is 10.6. The van der Waals surface area contributed by atoms with E-state index in [1.165, 1.54) is 4.88 Å². The Hall–Kier alpha value is -3.14. The standard InChI is InChI=1S/C25H24N4O3S2/c1-12-14(3)34-24-19(12)21(16-5-7-17(8-6-16)22-18(11-30)9-10-33-22)26-20(13(2)25(31)32)23-28-27-15(4)29(23)24/h5-10,13,20,30H,11H2,1-4H3,(H,31,32)/t13?,20-/m0/s1. The number of aryl methyl sites for hydroxylation is 2. The number of thiophene rings is 2. The molecule has 9 heteroatoms.